The van der Waals surface area contributed by atoms with Crippen LogP contribution in [0, 0.1) is 0 Å². The van der Waals surface area contributed by atoms with Crippen LogP contribution in [0.15, 0.2) is 0 Å². The van der Waals surface area contributed by atoms with Gasteiger partial charge in [-0.25, -0.2) is 0 Å². The Morgan fingerprint density at radius 2 is 1.83 bits per heavy atom. The van der Waals surface area contributed by atoms with Gasteiger partial charge >= 0.3 is 0 Å². The van der Waals surface area contributed by atoms with Crippen molar-refractivity contribution in [3.63, 3.8) is 0 Å². The summed E-state index contributed by atoms with van der Waals surface area (Å²) >= 11 is 13.7. The van der Waals surface area contributed by atoms with E-state index in [1.807, 2.05) is 0 Å². The molecule has 0 heterocycles. The molecule has 0 aliphatic heterocycles. The fourth-order valence-electron chi connectivity index (χ4n) is 0.0227. The molecule has 0 aliphatic rings. The van der Waals surface area contributed by atoms with Gasteiger partial charge in [-0.05, 0) is 0 Å². The van der Waals surface area contributed by atoms with Crippen LogP contribution in [0.25, 0.3) is 0 Å². The molecule has 6 heavy (non-hydrogen) atoms. The largest absolute Gasteiger partial charge is 0 e. The van der Waals surface area contributed by atoms with E-state index in [2.05, 4.69) is 33.6 Å². The van der Waals surface area contributed by atoms with Crippen LogP contribution in [0.3, 0.4) is 0 Å². The molecule has 0 saturated carbocycles. The molecule has 0 aromatic rings. The summed E-state index contributed by atoms with van der Waals surface area (Å²) in [6.45, 7) is -0.373. The van der Waals surface area contributed by atoms with Crippen molar-refractivity contribution in [1.29, 1.82) is 0 Å². The molecule has 6 heteroatoms. The van der Waals surface area contributed by atoms with Crippen molar-refractivity contribution in [3.8, 4) is 0 Å². The second kappa shape index (κ2) is 4.48. The summed E-state index contributed by atoms with van der Waals surface area (Å²) < 4.78 is 0. The smallest absolute Gasteiger partial charge is 0 e. The van der Waals surface area contributed by atoms with E-state index < -0.39 is 0 Å². The number of hydrogen-bond donors (Lipinski definition) is 0. The van der Waals surface area contributed by atoms with Gasteiger partial charge in [0.15, 0.2) is 0 Å². The molecule has 0 fully saturated rings. The van der Waals surface area contributed by atoms with Gasteiger partial charge in [-0.1, -0.05) is 0 Å². The lowest BCUT2D eigenvalue weighted by Gasteiger charge is -1.34. The summed E-state index contributed by atoms with van der Waals surface area (Å²) in [5.74, 6) is 0. The van der Waals surface area contributed by atoms with Gasteiger partial charge in [0.2, 0.25) is 0 Å². The van der Waals surface area contributed by atoms with Crippen molar-refractivity contribution in [1.82, 2.24) is 0 Å². The quantitative estimate of drug-likeness (QED) is 0.530. The molecule has 36 valence electrons. The van der Waals surface area contributed by atoms with Gasteiger partial charge in [0, 0.05) is 57.9 Å². The Balaban J connectivity index is 5.25. The van der Waals surface area contributed by atoms with Crippen LogP contribution in [-0.4, -0.2) is 0 Å². The van der Waals surface area contributed by atoms with E-state index in [1.165, 1.54) is 17.8 Å². The average molecular weight is 192 g/mol. The highest BCUT2D eigenvalue weighted by molar-refractivity contribution is 8.71. The molecule has 0 N–H and O–H groups in total. The highest BCUT2D eigenvalue weighted by Gasteiger charge is 1.35. The summed E-state index contributed by atoms with van der Waals surface area (Å²) in [6.07, 6.45) is 0. The topological polar surface area (TPSA) is 0 Å². The first kappa shape index (κ1) is 7.32. The molecule has 0 nitrogen and oxygen atoms in total. The van der Waals surface area contributed by atoms with Gasteiger partial charge in [-0.3, -0.25) is 0 Å². The minimum atomic E-state index is -0.373. The maximum absolute atomic E-state index is 4.60. The minimum absolute atomic E-state index is 0.373. The summed E-state index contributed by atoms with van der Waals surface area (Å²) in [5, 5.41) is 0. The molecule has 0 radical (unpaired) electrons. The van der Waals surface area contributed by atoms with Crippen LogP contribution in [0.2, 0.25) is 0 Å². The van der Waals surface area contributed by atoms with Gasteiger partial charge < -0.3 is 0 Å². The fraction of sp³-hybridized carbons (Fsp3) is 0. The van der Waals surface area contributed by atoms with Crippen LogP contribution in [0.4, 0.5) is 0 Å². The lowest BCUT2D eigenvalue weighted by molar-refractivity contribution is 6.02. The van der Waals surface area contributed by atoms with Crippen molar-refractivity contribution >= 4 is 57.9 Å². The first-order valence-electron chi connectivity index (χ1n) is 0.833. The Bertz CT molecular complexity index is 182. The molecular formula is S6. The Kier molecular flexibility index (Phi) is 5.46. The molecule has 0 aliphatic carbocycles. The first-order chi connectivity index (χ1) is 2.77. The van der Waals surface area contributed by atoms with E-state index in [-0.39, 0.29) is 6.57 Å². The van der Waals surface area contributed by atoms with Crippen molar-refractivity contribution in [2.24, 2.45) is 0 Å². The van der Waals surface area contributed by atoms with Gasteiger partial charge in [-0.15, -0.1) is 0 Å². The van der Waals surface area contributed by atoms with Crippen molar-refractivity contribution in [2.45, 2.75) is 0 Å². The summed E-state index contributed by atoms with van der Waals surface area (Å²) in [6, 6.07) is 0. The zero-order valence-corrected chi connectivity index (χ0v) is 7.35. The zero-order chi connectivity index (χ0) is 4.99. The monoisotopic (exact) mass is 192 g/mol. The molecule has 0 rings (SSSR count). The molecule has 0 saturated heterocycles. The standard InChI is InChI=1S/S6/c1-4-5-6(2)3. The van der Waals surface area contributed by atoms with E-state index in [9.17, 15) is 0 Å². The average Bonchev–Trinajstić information content (AvgIpc) is 1.35. The highest BCUT2D eigenvalue weighted by Crippen LogP contribution is 1.35. The van der Waals surface area contributed by atoms with Gasteiger partial charge in [-0.2, -0.15) is 0 Å². The zero-order valence-electron chi connectivity index (χ0n) is 2.45. The third kappa shape index (κ3) is 5.32. The van der Waals surface area contributed by atoms with E-state index in [1.54, 1.807) is 0 Å². The fourth-order valence-corrected chi connectivity index (χ4v) is 5.51. The van der Waals surface area contributed by atoms with Crippen molar-refractivity contribution < 1.29 is 0 Å². The van der Waals surface area contributed by atoms with Crippen LogP contribution in [0.1, 0.15) is 0 Å². The van der Waals surface area contributed by atoms with Gasteiger partial charge in [0.1, 0.15) is 0 Å². The Morgan fingerprint density at radius 3 is 1.83 bits per heavy atom. The molecule has 0 aromatic carbocycles. The Hall–Kier alpha value is 1.32. The summed E-state index contributed by atoms with van der Waals surface area (Å²) in [4.78, 5) is 0. The molecule has 0 amide bonds. The van der Waals surface area contributed by atoms with Gasteiger partial charge in [0.25, 0.3) is 0 Å². The van der Waals surface area contributed by atoms with Crippen LogP contribution >= 0.6 is 0 Å². The minimum Gasteiger partial charge on any atom is 0 e. The second-order valence-electron chi connectivity index (χ2n) is 0.340. The molecule has 0 aromatic heterocycles. The van der Waals surface area contributed by atoms with Gasteiger partial charge in [0.05, 0.1) is 0 Å². The van der Waals surface area contributed by atoms with Crippen LogP contribution < -0.4 is 0 Å². The lowest BCUT2D eigenvalue weighted by Crippen LogP contribution is -1.35. The first-order valence-corrected chi connectivity index (χ1v) is 7.50. The predicted octanol–water partition coefficient (Wildman–Crippen LogP) is -0.0144. The maximum Gasteiger partial charge on any atom is 0 e. The molecule has 0 atom stereocenters. The SMILES string of the molecule is S=S=S=S(=S)=S. The number of rotatable bonds is 0. The van der Waals surface area contributed by atoms with Crippen molar-refractivity contribution in [3.05, 3.63) is 0 Å². The highest BCUT2D eigenvalue weighted by atomic mass is 33.4. The predicted molar refractivity (Wildman–Crippen MR) is 44.2 cm³/mol. The van der Waals surface area contributed by atoms with E-state index in [4.69, 9.17) is 0 Å². The molecule has 0 spiro atoms. The van der Waals surface area contributed by atoms with Crippen LogP contribution in [0.5, 0.6) is 0 Å². The van der Waals surface area contributed by atoms with E-state index >= 15 is 0 Å². The lowest BCUT2D eigenvalue weighted by atomic mass is 30.7. The molecule has 0 bridgehead atoms. The molecule has 0 unspecified atom stereocenters. The van der Waals surface area contributed by atoms with Crippen LogP contribution in [-0.2, 0) is 57.9 Å². The summed E-state index contributed by atoms with van der Waals surface area (Å²) in [7, 11) is 2.59. The third-order valence-corrected chi connectivity index (χ3v) is 6.75. The van der Waals surface area contributed by atoms with E-state index in [0.29, 0.717) is 0 Å². The summed E-state index contributed by atoms with van der Waals surface area (Å²) in [5.41, 5.74) is 0. The number of hydrogen-bond acceptors (Lipinski definition) is 3. The Morgan fingerprint density at radius 1 is 1.33 bits per heavy atom. The Labute approximate surface area is 57.4 Å². The third-order valence-electron chi connectivity index (χ3n) is 0.0833. The second-order valence-corrected chi connectivity index (χ2v) is 9.19. The van der Waals surface area contributed by atoms with Crippen molar-refractivity contribution in [2.75, 3.05) is 0 Å². The maximum atomic E-state index is 4.60. The molecular weight excluding hydrogens is 192 g/mol. The normalized spacial score (nSPS) is 6.67. The van der Waals surface area contributed by atoms with E-state index in [0.717, 1.165) is 0 Å².